The topological polar surface area (TPSA) is 57.8 Å². The molecule has 0 aliphatic carbocycles. The van der Waals surface area contributed by atoms with Crippen LogP contribution in [0.2, 0.25) is 0 Å². The molecule has 0 saturated carbocycles. The second-order valence-electron chi connectivity index (χ2n) is 6.30. The van der Waals surface area contributed by atoms with Crippen LogP contribution in [0.25, 0.3) is 22.2 Å². The molecule has 0 aliphatic rings. The maximum absolute atomic E-state index is 13.8. The summed E-state index contributed by atoms with van der Waals surface area (Å²) in [6.45, 7) is 0. The smallest absolute Gasteiger partial charge is 0.225 e. The molecule has 2 heterocycles. The molecule has 4 rings (SSSR count). The summed E-state index contributed by atoms with van der Waals surface area (Å²) in [5.41, 5.74) is 3.72. The van der Waals surface area contributed by atoms with Gasteiger partial charge in [-0.15, -0.1) is 0 Å². The molecule has 2 aromatic carbocycles. The Morgan fingerprint density at radius 2 is 1.85 bits per heavy atom. The van der Waals surface area contributed by atoms with Gasteiger partial charge in [-0.2, -0.15) is 0 Å². The SMILES string of the molecule is O=C(CCc1c(-c2ccccc2)[nH]c2ccc(F)cc12)Nc1ccccn1. The first-order chi connectivity index (χ1) is 13.2. The number of anilines is 1. The average molecular weight is 359 g/mol. The van der Waals surface area contributed by atoms with Gasteiger partial charge in [-0.05, 0) is 47.9 Å². The Balaban J connectivity index is 1.63. The number of carbonyl (C=O) groups excluding carboxylic acids is 1. The average Bonchev–Trinajstić information content (AvgIpc) is 3.05. The molecule has 2 aromatic heterocycles. The summed E-state index contributed by atoms with van der Waals surface area (Å²) in [7, 11) is 0. The van der Waals surface area contributed by atoms with Crippen LogP contribution in [0.4, 0.5) is 10.2 Å². The van der Waals surface area contributed by atoms with Gasteiger partial charge in [-0.3, -0.25) is 4.79 Å². The molecule has 1 amide bonds. The highest BCUT2D eigenvalue weighted by atomic mass is 19.1. The Morgan fingerprint density at radius 1 is 1.04 bits per heavy atom. The number of hydrogen-bond donors (Lipinski definition) is 2. The molecule has 134 valence electrons. The predicted molar refractivity (Wildman–Crippen MR) is 105 cm³/mol. The largest absolute Gasteiger partial charge is 0.354 e. The van der Waals surface area contributed by atoms with Crippen molar-refractivity contribution in [3.8, 4) is 11.3 Å². The van der Waals surface area contributed by atoms with Gasteiger partial charge in [0, 0.05) is 29.2 Å². The highest BCUT2D eigenvalue weighted by molar-refractivity contribution is 5.93. The normalized spacial score (nSPS) is 10.9. The van der Waals surface area contributed by atoms with Gasteiger partial charge < -0.3 is 10.3 Å². The minimum absolute atomic E-state index is 0.126. The summed E-state index contributed by atoms with van der Waals surface area (Å²) >= 11 is 0. The number of aromatic nitrogens is 2. The van der Waals surface area contributed by atoms with Gasteiger partial charge in [-0.1, -0.05) is 36.4 Å². The second-order valence-corrected chi connectivity index (χ2v) is 6.30. The van der Waals surface area contributed by atoms with Crippen molar-refractivity contribution in [1.82, 2.24) is 9.97 Å². The van der Waals surface area contributed by atoms with E-state index in [-0.39, 0.29) is 18.1 Å². The Labute approximate surface area is 156 Å². The van der Waals surface area contributed by atoms with Gasteiger partial charge in [0.1, 0.15) is 11.6 Å². The molecule has 0 fully saturated rings. The quantitative estimate of drug-likeness (QED) is 0.530. The zero-order valence-corrected chi connectivity index (χ0v) is 14.6. The lowest BCUT2D eigenvalue weighted by Crippen LogP contribution is -2.13. The van der Waals surface area contributed by atoms with E-state index in [4.69, 9.17) is 0 Å². The molecule has 0 spiro atoms. The van der Waals surface area contributed by atoms with Gasteiger partial charge in [0.15, 0.2) is 0 Å². The van der Waals surface area contributed by atoms with E-state index in [2.05, 4.69) is 15.3 Å². The van der Waals surface area contributed by atoms with Crippen molar-refractivity contribution in [2.45, 2.75) is 12.8 Å². The summed E-state index contributed by atoms with van der Waals surface area (Å²) < 4.78 is 13.8. The van der Waals surface area contributed by atoms with Gasteiger partial charge in [-0.25, -0.2) is 9.37 Å². The van der Waals surface area contributed by atoms with Gasteiger partial charge >= 0.3 is 0 Å². The Bertz CT molecular complexity index is 1070. The molecule has 0 bridgehead atoms. The van der Waals surface area contributed by atoms with Crippen molar-refractivity contribution < 1.29 is 9.18 Å². The standard InChI is InChI=1S/C22H18FN3O/c23-16-9-11-19-18(14-16)17(22(25-19)15-6-2-1-3-7-15)10-12-21(27)26-20-8-4-5-13-24-20/h1-9,11,13-14,25H,10,12H2,(H,24,26,27). The number of hydrogen-bond acceptors (Lipinski definition) is 2. The van der Waals surface area contributed by atoms with Crippen molar-refractivity contribution in [1.29, 1.82) is 0 Å². The van der Waals surface area contributed by atoms with Crippen LogP contribution in [0.15, 0.2) is 72.9 Å². The lowest BCUT2D eigenvalue weighted by Gasteiger charge is -2.07. The lowest BCUT2D eigenvalue weighted by atomic mass is 10.0. The fourth-order valence-corrected chi connectivity index (χ4v) is 3.21. The van der Waals surface area contributed by atoms with Crippen LogP contribution in [-0.2, 0) is 11.2 Å². The van der Waals surface area contributed by atoms with Crippen molar-refractivity contribution in [2.75, 3.05) is 5.32 Å². The molecule has 4 aromatic rings. The number of benzene rings is 2. The van der Waals surface area contributed by atoms with Crippen molar-refractivity contribution >= 4 is 22.6 Å². The molecule has 0 saturated heterocycles. The fourth-order valence-electron chi connectivity index (χ4n) is 3.21. The predicted octanol–water partition coefficient (Wildman–Crippen LogP) is 4.94. The van der Waals surface area contributed by atoms with Crippen LogP contribution < -0.4 is 5.32 Å². The molecule has 0 atom stereocenters. The number of rotatable bonds is 5. The van der Waals surface area contributed by atoms with Gasteiger partial charge in [0.25, 0.3) is 0 Å². The maximum Gasteiger partial charge on any atom is 0.225 e. The number of pyridine rings is 1. The number of nitrogens with zero attached hydrogens (tertiary/aromatic N) is 1. The van der Waals surface area contributed by atoms with E-state index < -0.39 is 0 Å². The van der Waals surface area contributed by atoms with Crippen LogP contribution in [0.5, 0.6) is 0 Å². The number of fused-ring (bicyclic) bond motifs is 1. The van der Waals surface area contributed by atoms with Crippen molar-refractivity contribution in [2.24, 2.45) is 0 Å². The molecule has 0 radical (unpaired) electrons. The van der Waals surface area contributed by atoms with Gasteiger partial charge in [0.2, 0.25) is 5.91 Å². The number of nitrogens with one attached hydrogen (secondary N) is 2. The summed E-state index contributed by atoms with van der Waals surface area (Å²) in [5, 5.41) is 3.59. The van der Waals surface area contributed by atoms with Crippen molar-refractivity contribution in [3.05, 3.63) is 84.3 Å². The van der Waals surface area contributed by atoms with Crippen LogP contribution in [0.3, 0.4) is 0 Å². The number of carbonyl (C=O) groups is 1. The fraction of sp³-hybridized carbons (Fsp3) is 0.0909. The molecule has 0 aliphatic heterocycles. The lowest BCUT2D eigenvalue weighted by molar-refractivity contribution is -0.116. The second kappa shape index (κ2) is 7.41. The first-order valence-corrected chi connectivity index (χ1v) is 8.77. The molecule has 5 heteroatoms. The van der Waals surface area contributed by atoms with E-state index in [9.17, 15) is 9.18 Å². The Morgan fingerprint density at radius 3 is 2.63 bits per heavy atom. The van der Waals surface area contributed by atoms with Crippen molar-refractivity contribution in [3.63, 3.8) is 0 Å². The first-order valence-electron chi connectivity index (χ1n) is 8.77. The van der Waals surface area contributed by atoms with E-state index in [0.717, 1.165) is 27.7 Å². The number of aryl methyl sites for hydroxylation is 1. The number of halogens is 1. The summed E-state index contributed by atoms with van der Waals surface area (Å²) in [6, 6.07) is 19.9. The summed E-state index contributed by atoms with van der Waals surface area (Å²) in [5.74, 6) is 0.106. The first kappa shape index (κ1) is 17.0. The zero-order valence-electron chi connectivity index (χ0n) is 14.6. The third-order valence-electron chi connectivity index (χ3n) is 4.47. The minimum Gasteiger partial charge on any atom is -0.354 e. The number of H-pyrrole nitrogens is 1. The van der Waals surface area contributed by atoms with E-state index in [1.54, 1.807) is 24.4 Å². The van der Waals surface area contributed by atoms with E-state index >= 15 is 0 Å². The monoisotopic (exact) mass is 359 g/mol. The van der Waals surface area contributed by atoms with E-state index in [1.807, 2.05) is 36.4 Å². The maximum atomic E-state index is 13.8. The highest BCUT2D eigenvalue weighted by Crippen LogP contribution is 2.31. The Hall–Kier alpha value is -3.47. The zero-order chi connectivity index (χ0) is 18.6. The Kier molecular flexibility index (Phi) is 4.66. The molecule has 2 N–H and O–H groups in total. The molecular weight excluding hydrogens is 341 g/mol. The molecular formula is C22H18FN3O. The highest BCUT2D eigenvalue weighted by Gasteiger charge is 2.15. The molecule has 4 nitrogen and oxygen atoms in total. The number of aromatic amines is 1. The third-order valence-corrected chi connectivity index (χ3v) is 4.47. The van der Waals surface area contributed by atoms with E-state index in [1.165, 1.54) is 12.1 Å². The summed E-state index contributed by atoms with van der Waals surface area (Å²) in [4.78, 5) is 19.8. The summed E-state index contributed by atoms with van der Waals surface area (Å²) in [6.07, 6.45) is 2.40. The van der Waals surface area contributed by atoms with Gasteiger partial charge in [0.05, 0.1) is 0 Å². The van der Waals surface area contributed by atoms with Crippen LogP contribution in [0.1, 0.15) is 12.0 Å². The third kappa shape index (κ3) is 3.72. The number of amides is 1. The van der Waals surface area contributed by atoms with E-state index in [0.29, 0.717) is 12.2 Å². The molecule has 0 unspecified atom stereocenters. The van der Waals surface area contributed by atoms with Crippen LogP contribution in [-0.4, -0.2) is 15.9 Å². The molecule has 27 heavy (non-hydrogen) atoms. The van der Waals surface area contributed by atoms with Crippen LogP contribution in [0, 0.1) is 5.82 Å². The minimum atomic E-state index is -0.291. The van der Waals surface area contributed by atoms with Crippen LogP contribution >= 0.6 is 0 Å².